The van der Waals surface area contributed by atoms with E-state index in [0.717, 1.165) is 18.7 Å². The van der Waals surface area contributed by atoms with Crippen molar-refractivity contribution in [1.82, 2.24) is 15.1 Å². The van der Waals surface area contributed by atoms with Crippen molar-refractivity contribution in [3.8, 4) is 11.8 Å². The van der Waals surface area contributed by atoms with Gasteiger partial charge in [0, 0.05) is 12.1 Å². The van der Waals surface area contributed by atoms with Crippen molar-refractivity contribution in [2.45, 2.75) is 39.2 Å². The number of piperidine rings is 1. The molecule has 1 aromatic rings. The number of aromatic nitrogens is 2. The molecule has 0 aliphatic carbocycles. The summed E-state index contributed by atoms with van der Waals surface area (Å²) >= 11 is 0. The van der Waals surface area contributed by atoms with Crippen LogP contribution in [0, 0.1) is 17.8 Å². The molecule has 0 amide bonds. The maximum absolute atomic E-state index is 4.35. The Hall–Kier alpha value is -1.27. The topological polar surface area (TPSA) is 29.9 Å². The molecule has 0 aromatic carbocycles. The molecular weight excluding hydrogens is 210 g/mol. The van der Waals surface area contributed by atoms with Crippen LogP contribution in [-0.4, -0.2) is 22.9 Å². The molecule has 3 heteroatoms. The van der Waals surface area contributed by atoms with E-state index in [9.17, 15) is 0 Å². The number of nitrogens with one attached hydrogen (secondary N) is 1. The van der Waals surface area contributed by atoms with E-state index in [2.05, 4.69) is 43.0 Å². The van der Waals surface area contributed by atoms with Crippen molar-refractivity contribution in [1.29, 1.82) is 0 Å². The van der Waals surface area contributed by atoms with Crippen LogP contribution in [-0.2, 0) is 5.54 Å². The van der Waals surface area contributed by atoms with E-state index in [-0.39, 0.29) is 5.54 Å². The van der Waals surface area contributed by atoms with E-state index >= 15 is 0 Å². The SMILES string of the molecule is CC(C)(C)n1cc(C#CC2CCNCC2)cn1. The largest absolute Gasteiger partial charge is 0.317 e. The van der Waals surface area contributed by atoms with Crippen LogP contribution >= 0.6 is 0 Å². The van der Waals surface area contributed by atoms with Gasteiger partial charge in [-0.3, -0.25) is 4.68 Å². The van der Waals surface area contributed by atoms with E-state index in [1.54, 1.807) is 0 Å². The van der Waals surface area contributed by atoms with Gasteiger partial charge in [0.05, 0.1) is 17.3 Å². The van der Waals surface area contributed by atoms with Crippen LogP contribution in [0.15, 0.2) is 12.4 Å². The van der Waals surface area contributed by atoms with Crippen molar-refractivity contribution >= 4 is 0 Å². The van der Waals surface area contributed by atoms with Crippen LogP contribution in [0.5, 0.6) is 0 Å². The highest BCUT2D eigenvalue weighted by atomic mass is 15.3. The molecule has 1 aromatic heterocycles. The first-order valence-electron chi connectivity index (χ1n) is 6.33. The van der Waals surface area contributed by atoms with Gasteiger partial charge in [-0.15, -0.1) is 0 Å². The highest BCUT2D eigenvalue weighted by Gasteiger charge is 2.13. The Morgan fingerprint density at radius 2 is 2.06 bits per heavy atom. The molecule has 0 spiro atoms. The molecule has 2 rings (SSSR count). The van der Waals surface area contributed by atoms with Crippen LogP contribution in [0.3, 0.4) is 0 Å². The fourth-order valence-corrected chi connectivity index (χ4v) is 1.91. The van der Waals surface area contributed by atoms with Crippen LogP contribution < -0.4 is 5.32 Å². The third-order valence-electron chi connectivity index (χ3n) is 3.03. The molecular formula is C14H21N3. The number of nitrogens with zero attached hydrogens (tertiary/aromatic N) is 2. The molecule has 1 aliphatic rings. The molecule has 0 unspecified atom stereocenters. The Kier molecular flexibility index (Phi) is 3.54. The number of hydrogen-bond donors (Lipinski definition) is 1. The normalized spacial score (nSPS) is 17.6. The standard InChI is InChI=1S/C14H21N3/c1-14(2,3)17-11-13(10-16-17)5-4-12-6-8-15-9-7-12/h10-12,15H,6-9H2,1-3H3. The Morgan fingerprint density at radius 1 is 1.35 bits per heavy atom. The Balaban J connectivity index is 2.03. The minimum atomic E-state index is 0.0364. The molecule has 0 atom stereocenters. The molecule has 92 valence electrons. The van der Waals surface area contributed by atoms with Gasteiger partial charge in [-0.05, 0) is 46.7 Å². The summed E-state index contributed by atoms with van der Waals surface area (Å²) in [6.07, 6.45) is 6.23. The summed E-state index contributed by atoms with van der Waals surface area (Å²) in [5, 5.41) is 7.71. The van der Waals surface area contributed by atoms with Crippen molar-refractivity contribution in [2.24, 2.45) is 5.92 Å². The third kappa shape index (κ3) is 3.34. The molecule has 0 radical (unpaired) electrons. The maximum Gasteiger partial charge on any atom is 0.0646 e. The van der Waals surface area contributed by atoms with Gasteiger partial charge in [0.1, 0.15) is 0 Å². The summed E-state index contributed by atoms with van der Waals surface area (Å²) in [5.74, 6) is 7.16. The fourth-order valence-electron chi connectivity index (χ4n) is 1.91. The van der Waals surface area contributed by atoms with Gasteiger partial charge < -0.3 is 5.32 Å². The lowest BCUT2D eigenvalue weighted by atomic mass is 9.99. The first-order chi connectivity index (χ1) is 8.05. The Morgan fingerprint density at radius 3 is 2.65 bits per heavy atom. The molecule has 0 bridgehead atoms. The summed E-state index contributed by atoms with van der Waals surface area (Å²) < 4.78 is 1.97. The Bertz CT molecular complexity index is 422. The van der Waals surface area contributed by atoms with E-state index in [1.807, 2.05) is 17.1 Å². The zero-order valence-electron chi connectivity index (χ0n) is 11.0. The van der Waals surface area contributed by atoms with Gasteiger partial charge in [0.2, 0.25) is 0 Å². The Labute approximate surface area is 104 Å². The molecule has 2 heterocycles. The van der Waals surface area contributed by atoms with Gasteiger partial charge in [0.25, 0.3) is 0 Å². The summed E-state index contributed by atoms with van der Waals surface area (Å²) in [6.45, 7) is 8.62. The molecule has 0 saturated carbocycles. The fraction of sp³-hybridized carbons (Fsp3) is 0.643. The minimum absolute atomic E-state index is 0.0364. The lowest BCUT2D eigenvalue weighted by Crippen LogP contribution is -2.26. The summed E-state index contributed by atoms with van der Waals surface area (Å²) in [4.78, 5) is 0. The van der Waals surface area contributed by atoms with E-state index in [1.165, 1.54) is 12.8 Å². The van der Waals surface area contributed by atoms with Gasteiger partial charge in [-0.25, -0.2) is 0 Å². The monoisotopic (exact) mass is 231 g/mol. The van der Waals surface area contributed by atoms with E-state index < -0.39 is 0 Å². The maximum atomic E-state index is 4.35. The first kappa shape index (κ1) is 12.2. The van der Waals surface area contributed by atoms with E-state index in [4.69, 9.17) is 0 Å². The minimum Gasteiger partial charge on any atom is -0.317 e. The van der Waals surface area contributed by atoms with E-state index in [0.29, 0.717) is 5.92 Å². The van der Waals surface area contributed by atoms with Crippen LogP contribution in [0.2, 0.25) is 0 Å². The molecule has 3 nitrogen and oxygen atoms in total. The smallest absolute Gasteiger partial charge is 0.0646 e. The quantitative estimate of drug-likeness (QED) is 0.692. The van der Waals surface area contributed by atoms with Crippen molar-refractivity contribution in [3.05, 3.63) is 18.0 Å². The second kappa shape index (κ2) is 4.93. The molecule has 1 aliphatic heterocycles. The molecule has 1 saturated heterocycles. The van der Waals surface area contributed by atoms with Gasteiger partial charge in [-0.1, -0.05) is 11.8 Å². The second-order valence-corrected chi connectivity index (χ2v) is 5.64. The predicted octanol–water partition coefficient (Wildman–Crippen LogP) is 1.99. The highest BCUT2D eigenvalue weighted by molar-refractivity contribution is 5.30. The van der Waals surface area contributed by atoms with Crippen LogP contribution in [0.25, 0.3) is 0 Å². The molecule has 17 heavy (non-hydrogen) atoms. The zero-order valence-corrected chi connectivity index (χ0v) is 11.0. The van der Waals surface area contributed by atoms with Crippen molar-refractivity contribution in [2.75, 3.05) is 13.1 Å². The number of hydrogen-bond acceptors (Lipinski definition) is 2. The van der Waals surface area contributed by atoms with Crippen molar-refractivity contribution in [3.63, 3.8) is 0 Å². The zero-order chi connectivity index (χ0) is 12.3. The van der Waals surface area contributed by atoms with Crippen LogP contribution in [0.4, 0.5) is 0 Å². The molecule has 1 N–H and O–H groups in total. The predicted molar refractivity (Wildman–Crippen MR) is 69.7 cm³/mol. The first-order valence-corrected chi connectivity index (χ1v) is 6.33. The van der Waals surface area contributed by atoms with Crippen LogP contribution in [0.1, 0.15) is 39.2 Å². The average molecular weight is 231 g/mol. The summed E-state index contributed by atoms with van der Waals surface area (Å²) in [6, 6.07) is 0. The van der Waals surface area contributed by atoms with Gasteiger partial charge in [-0.2, -0.15) is 5.10 Å². The third-order valence-corrected chi connectivity index (χ3v) is 3.03. The number of rotatable bonds is 0. The molecule has 1 fully saturated rings. The van der Waals surface area contributed by atoms with Crippen molar-refractivity contribution < 1.29 is 0 Å². The van der Waals surface area contributed by atoms with Gasteiger partial charge >= 0.3 is 0 Å². The average Bonchev–Trinajstić information content (AvgIpc) is 2.76. The summed E-state index contributed by atoms with van der Waals surface area (Å²) in [5.41, 5.74) is 1.06. The second-order valence-electron chi connectivity index (χ2n) is 5.64. The lowest BCUT2D eigenvalue weighted by molar-refractivity contribution is 0.355. The van der Waals surface area contributed by atoms with Gasteiger partial charge in [0.15, 0.2) is 0 Å². The summed E-state index contributed by atoms with van der Waals surface area (Å²) in [7, 11) is 0. The lowest BCUT2D eigenvalue weighted by Gasteiger charge is -2.18. The highest BCUT2D eigenvalue weighted by Crippen LogP contribution is 2.13.